The van der Waals surface area contributed by atoms with Gasteiger partial charge in [0.25, 0.3) is 11.5 Å². The number of rotatable bonds is 4. The van der Waals surface area contributed by atoms with E-state index in [4.69, 9.17) is 4.74 Å². The number of halogens is 2. The van der Waals surface area contributed by atoms with Crippen molar-refractivity contribution < 1.29 is 13.5 Å². The Labute approximate surface area is 157 Å². The molecule has 1 aromatic carbocycles. The highest BCUT2D eigenvalue weighted by molar-refractivity contribution is 5.72. The van der Waals surface area contributed by atoms with Gasteiger partial charge >= 0.3 is 5.69 Å². The van der Waals surface area contributed by atoms with Crippen molar-refractivity contribution in [1.82, 2.24) is 19.9 Å². The first-order valence-corrected chi connectivity index (χ1v) is 8.92. The van der Waals surface area contributed by atoms with Crippen molar-refractivity contribution in [2.75, 3.05) is 18.0 Å². The van der Waals surface area contributed by atoms with E-state index in [0.29, 0.717) is 31.9 Å². The number of nitrogens with one attached hydrogen (secondary N) is 3. The Balaban J connectivity index is 1.47. The fourth-order valence-corrected chi connectivity index (χ4v) is 3.37. The van der Waals surface area contributed by atoms with Gasteiger partial charge in [-0.1, -0.05) is 12.1 Å². The Kier molecular flexibility index (Phi) is 4.40. The molecule has 3 aromatic rings. The normalized spacial score (nSPS) is 15.9. The molecule has 0 saturated carbocycles. The summed E-state index contributed by atoms with van der Waals surface area (Å²) in [6.07, 6.45) is 1.01. The molecule has 0 bridgehead atoms. The zero-order valence-corrected chi connectivity index (χ0v) is 15.1. The molecule has 0 aliphatic carbocycles. The molecule has 148 valence electrons. The predicted octanol–water partition coefficient (Wildman–Crippen LogP) is 2.10. The maximum absolute atomic E-state index is 13.8. The zero-order chi connectivity index (χ0) is 19.9. The van der Waals surface area contributed by atoms with E-state index < -0.39 is 17.2 Å². The third-order valence-electron chi connectivity index (χ3n) is 4.77. The lowest BCUT2D eigenvalue weighted by Gasteiger charge is -2.32. The van der Waals surface area contributed by atoms with Gasteiger partial charge in [0.05, 0.1) is 5.56 Å². The minimum Gasteiger partial charge on any atom is -0.490 e. The third kappa shape index (κ3) is 3.49. The van der Waals surface area contributed by atoms with Gasteiger partial charge in [-0.2, -0.15) is 4.98 Å². The van der Waals surface area contributed by atoms with Crippen LogP contribution in [0.3, 0.4) is 0 Å². The number of alkyl halides is 2. The SMILES string of the molecule is CC(F)(F)c1ccccc1OC1CCN(c2nc3[nH]c(=O)[nH]c(=O)c3[nH]2)CC1. The molecule has 2 aromatic heterocycles. The molecule has 8 nitrogen and oxygen atoms in total. The van der Waals surface area contributed by atoms with Gasteiger partial charge in [-0.3, -0.25) is 14.8 Å². The number of piperidine rings is 1. The fraction of sp³-hybridized carbons (Fsp3) is 0.389. The lowest BCUT2D eigenvalue weighted by Crippen LogP contribution is -2.39. The van der Waals surface area contributed by atoms with Gasteiger partial charge in [0.15, 0.2) is 11.2 Å². The predicted molar refractivity (Wildman–Crippen MR) is 99.2 cm³/mol. The Morgan fingerprint density at radius 1 is 1.14 bits per heavy atom. The minimum absolute atomic E-state index is 0.127. The van der Waals surface area contributed by atoms with Crippen LogP contribution in [0.2, 0.25) is 0 Å². The van der Waals surface area contributed by atoms with Gasteiger partial charge in [-0.25, -0.2) is 13.6 Å². The van der Waals surface area contributed by atoms with E-state index in [1.807, 2.05) is 4.90 Å². The van der Waals surface area contributed by atoms with Crippen molar-refractivity contribution >= 4 is 17.1 Å². The topological polar surface area (TPSA) is 107 Å². The molecule has 1 aliphatic rings. The first-order valence-electron chi connectivity index (χ1n) is 8.92. The summed E-state index contributed by atoms with van der Waals surface area (Å²) in [6.45, 7) is 1.99. The van der Waals surface area contributed by atoms with Crippen LogP contribution in [0.4, 0.5) is 14.7 Å². The number of anilines is 1. The highest BCUT2D eigenvalue weighted by atomic mass is 19.3. The number of ether oxygens (including phenoxy) is 1. The summed E-state index contributed by atoms with van der Waals surface area (Å²) in [7, 11) is 0. The van der Waals surface area contributed by atoms with E-state index in [0.717, 1.165) is 6.92 Å². The summed E-state index contributed by atoms with van der Waals surface area (Å²) in [5.41, 5.74) is -0.881. The first kappa shape index (κ1) is 18.2. The van der Waals surface area contributed by atoms with E-state index in [2.05, 4.69) is 19.9 Å². The molecule has 0 unspecified atom stereocenters. The van der Waals surface area contributed by atoms with Crippen LogP contribution in [0.25, 0.3) is 11.2 Å². The second kappa shape index (κ2) is 6.77. The van der Waals surface area contributed by atoms with Crippen molar-refractivity contribution in [1.29, 1.82) is 0 Å². The molecule has 0 amide bonds. The molecule has 0 radical (unpaired) electrons. The van der Waals surface area contributed by atoms with Crippen molar-refractivity contribution in [2.45, 2.75) is 31.8 Å². The zero-order valence-electron chi connectivity index (χ0n) is 15.1. The molecule has 3 N–H and O–H groups in total. The van der Waals surface area contributed by atoms with E-state index in [9.17, 15) is 18.4 Å². The summed E-state index contributed by atoms with van der Waals surface area (Å²) >= 11 is 0. The smallest absolute Gasteiger partial charge is 0.327 e. The Bertz CT molecular complexity index is 1110. The molecule has 0 spiro atoms. The number of benzene rings is 1. The summed E-state index contributed by atoms with van der Waals surface area (Å²) in [5, 5.41) is 0. The molecule has 4 rings (SSSR count). The Hall–Kier alpha value is -3.17. The van der Waals surface area contributed by atoms with Gasteiger partial charge in [-0.15, -0.1) is 0 Å². The number of fused-ring (bicyclic) bond motifs is 1. The monoisotopic (exact) mass is 391 g/mol. The van der Waals surface area contributed by atoms with Crippen LogP contribution in [-0.2, 0) is 5.92 Å². The van der Waals surface area contributed by atoms with Crippen molar-refractivity contribution in [3.8, 4) is 5.75 Å². The first-order chi connectivity index (χ1) is 13.3. The second-order valence-electron chi connectivity index (χ2n) is 6.88. The summed E-state index contributed by atoms with van der Waals surface area (Å²) in [4.78, 5) is 36.9. The highest BCUT2D eigenvalue weighted by Gasteiger charge is 2.30. The number of hydrogen-bond acceptors (Lipinski definition) is 5. The fourth-order valence-electron chi connectivity index (χ4n) is 3.37. The van der Waals surface area contributed by atoms with Gasteiger partial charge < -0.3 is 14.6 Å². The van der Waals surface area contributed by atoms with Crippen LogP contribution in [0.1, 0.15) is 25.3 Å². The summed E-state index contributed by atoms with van der Waals surface area (Å²) in [5.74, 6) is -2.31. The van der Waals surface area contributed by atoms with E-state index in [-0.39, 0.29) is 28.6 Å². The van der Waals surface area contributed by atoms with Crippen LogP contribution in [-0.4, -0.2) is 39.1 Å². The van der Waals surface area contributed by atoms with Gasteiger partial charge in [0.2, 0.25) is 5.95 Å². The van der Waals surface area contributed by atoms with Crippen LogP contribution < -0.4 is 20.9 Å². The number of nitrogens with zero attached hydrogens (tertiary/aromatic N) is 2. The number of imidazole rings is 1. The van der Waals surface area contributed by atoms with E-state index >= 15 is 0 Å². The molecule has 10 heteroatoms. The van der Waals surface area contributed by atoms with Gasteiger partial charge in [0, 0.05) is 32.9 Å². The average molecular weight is 391 g/mol. The molecular formula is C18H19F2N5O3. The van der Waals surface area contributed by atoms with Gasteiger partial charge in [-0.05, 0) is 12.1 Å². The molecular weight excluding hydrogens is 372 g/mol. The third-order valence-corrected chi connectivity index (χ3v) is 4.77. The lowest BCUT2D eigenvalue weighted by molar-refractivity contribution is 0.0125. The van der Waals surface area contributed by atoms with Crippen LogP contribution in [0.5, 0.6) is 5.75 Å². The molecule has 3 heterocycles. The molecule has 1 aliphatic heterocycles. The maximum atomic E-state index is 13.8. The second-order valence-corrected chi connectivity index (χ2v) is 6.88. The number of aromatic nitrogens is 4. The number of hydrogen-bond donors (Lipinski definition) is 3. The summed E-state index contributed by atoms with van der Waals surface area (Å²) in [6, 6.07) is 6.17. The van der Waals surface area contributed by atoms with Gasteiger partial charge in [0.1, 0.15) is 11.9 Å². The number of para-hydroxylation sites is 1. The van der Waals surface area contributed by atoms with E-state index in [1.165, 1.54) is 6.07 Å². The average Bonchev–Trinajstić information content (AvgIpc) is 3.06. The highest BCUT2D eigenvalue weighted by Crippen LogP contribution is 2.35. The van der Waals surface area contributed by atoms with E-state index in [1.54, 1.807) is 18.2 Å². The van der Waals surface area contributed by atoms with Crippen LogP contribution in [0.15, 0.2) is 33.9 Å². The van der Waals surface area contributed by atoms with Crippen molar-refractivity contribution in [3.63, 3.8) is 0 Å². The van der Waals surface area contributed by atoms with Crippen molar-refractivity contribution in [2.24, 2.45) is 0 Å². The number of H-pyrrole nitrogens is 3. The Morgan fingerprint density at radius 2 is 1.86 bits per heavy atom. The minimum atomic E-state index is -2.98. The quantitative estimate of drug-likeness (QED) is 0.631. The molecule has 1 fully saturated rings. The summed E-state index contributed by atoms with van der Waals surface area (Å²) < 4.78 is 33.4. The lowest BCUT2D eigenvalue weighted by atomic mass is 10.1. The molecule has 1 saturated heterocycles. The van der Waals surface area contributed by atoms with Crippen molar-refractivity contribution in [3.05, 3.63) is 50.7 Å². The Morgan fingerprint density at radius 3 is 2.57 bits per heavy atom. The molecule has 28 heavy (non-hydrogen) atoms. The van der Waals surface area contributed by atoms with Crippen LogP contribution in [0, 0.1) is 0 Å². The largest absolute Gasteiger partial charge is 0.490 e. The standard InChI is InChI=1S/C18H19F2N5O3/c1-18(19,20)11-4-2-3-5-12(11)28-10-6-8-25(9-7-10)16-21-13-14(22-16)23-17(27)24-15(13)26/h2-5,10H,6-9H2,1H3,(H3,21,22,23,24,26,27). The molecule has 0 atom stereocenters. The maximum Gasteiger partial charge on any atom is 0.327 e. The van der Waals surface area contributed by atoms with Crippen LogP contribution >= 0.6 is 0 Å². The number of aromatic amines is 3.